The van der Waals surface area contributed by atoms with Crippen LogP contribution in [0.15, 0.2) is 40.9 Å². The van der Waals surface area contributed by atoms with E-state index in [0.717, 1.165) is 15.7 Å². The summed E-state index contributed by atoms with van der Waals surface area (Å²) in [5, 5.41) is 21.1. The van der Waals surface area contributed by atoms with Crippen molar-refractivity contribution in [3.8, 4) is 12.1 Å². The summed E-state index contributed by atoms with van der Waals surface area (Å²) in [6.07, 6.45) is 0. The smallest absolute Gasteiger partial charge is 0.101 e. The first kappa shape index (κ1) is 14.1. The van der Waals surface area contributed by atoms with Gasteiger partial charge in [0, 0.05) is 16.7 Å². The average Bonchev–Trinajstić information content (AvgIpc) is 2.48. The lowest BCUT2D eigenvalue weighted by Gasteiger charge is -2.08. The Kier molecular flexibility index (Phi) is 4.40. The van der Waals surface area contributed by atoms with Crippen molar-refractivity contribution in [2.75, 3.05) is 5.32 Å². The van der Waals surface area contributed by atoms with E-state index in [9.17, 15) is 0 Å². The van der Waals surface area contributed by atoms with Gasteiger partial charge in [-0.15, -0.1) is 0 Å². The molecule has 0 atom stereocenters. The number of nitrogens with zero attached hydrogens (tertiary/aromatic N) is 2. The molecule has 0 aliphatic carbocycles. The van der Waals surface area contributed by atoms with Crippen LogP contribution in [-0.2, 0) is 6.54 Å². The van der Waals surface area contributed by atoms with Gasteiger partial charge in [-0.2, -0.15) is 10.5 Å². The van der Waals surface area contributed by atoms with Crippen molar-refractivity contribution in [2.24, 2.45) is 0 Å². The number of hydrogen-bond acceptors (Lipinski definition) is 3. The summed E-state index contributed by atoms with van der Waals surface area (Å²) in [5.74, 6) is 0. The predicted octanol–water partition coefficient (Wildman–Crippen LogP) is 4.11. The van der Waals surface area contributed by atoms with E-state index in [0.29, 0.717) is 17.7 Å². The maximum absolute atomic E-state index is 8.99. The van der Waals surface area contributed by atoms with E-state index < -0.39 is 0 Å². The predicted molar refractivity (Wildman–Crippen MR) is 82.1 cm³/mol. The largest absolute Gasteiger partial charge is 0.381 e. The third kappa shape index (κ3) is 3.17. The molecule has 0 saturated heterocycles. The van der Waals surface area contributed by atoms with Crippen molar-refractivity contribution in [1.82, 2.24) is 0 Å². The van der Waals surface area contributed by atoms with Gasteiger partial charge in [-0.3, -0.25) is 0 Å². The molecule has 0 amide bonds. The third-order valence-electron chi connectivity index (χ3n) is 2.99. The minimum Gasteiger partial charge on any atom is -0.381 e. The molecule has 0 bridgehead atoms. The van der Waals surface area contributed by atoms with Gasteiger partial charge in [0.15, 0.2) is 0 Å². The van der Waals surface area contributed by atoms with Gasteiger partial charge in [0.25, 0.3) is 0 Å². The lowest BCUT2D eigenvalue weighted by molar-refractivity contribution is 1.14. The number of hydrogen-bond donors (Lipinski definition) is 1. The summed E-state index contributed by atoms with van der Waals surface area (Å²) in [7, 11) is 0. The van der Waals surface area contributed by atoms with Crippen LogP contribution in [0.3, 0.4) is 0 Å². The monoisotopic (exact) mass is 325 g/mol. The zero-order valence-electron chi connectivity index (χ0n) is 10.9. The Bertz CT molecular complexity index is 723. The molecule has 2 aromatic carbocycles. The van der Waals surface area contributed by atoms with Crippen LogP contribution in [0, 0.1) is 29.6 Å². The number of aryl methyl sites for hydroxylation is 1. The van der Waals surface area contributed by atoms with Crippen LogP contribution in [0.1, 0.15) is 22.3 Å². The first-order chi connectivity index (χ1) is 9.63. The van der Waals surface area contributed by atoms with Crippen molar-refractivity contribution in [2.45, 2.75) is 13.5 Å². The van der Waals surface area contributed by atoms with E-state index in [1.165, 1.54) is 5.56 Å². The number of halogens is 1. The standard InChI is InChI=1S/C16H12BrN3/c1-11-2-3-12(6-16(11)17)10-20-15-5-4-13(8-18)14(7-15)9-19/h2-7,20H,10H2,1H3. The fourth-order valence-corrected chi connectivity index (χ4v) is 2.22. The van der Waals surface area contributed by atoms with Gasteiger partial charge >= 0.3 is 0 Å². The molecule has 0 heterocycles. The summed E-state index contributed by atoms with van der Waals surface area (Å²) in [4.78, 5) is 0. The number of nitrogens with one attached hydrogen (secondary N) is 1. The molecule has 0 aliphatic rings. The van der Waals surface area contributed by atoms with Crippen molar-refractivity contribution in [1.29, 1.82) is 10.5 Å². The maximum Gasteiger partial charge on any atom is 0.101 e. The Balaban J connectivity index is 2.13. The SMILES string of the molecule is Cc1ccc(CNc2ccc(C#N)c(C#N)c2)cc1Br. The van der Waals surface area contributed by atoms with Gasteiger partial charge in [-0.1, -0.05) is 28.1 Å². The summed E-state index contributed by atoms with van der Waals surface area (Å²) in [6.45, 7) is 2.71. The van der Waals surface area contributed by atoms with Gasteiger partial charge in [0.1, 0.15) is 12.1 Å². The highest BCUT2D eigenvalue weighted by molar-refractivity contribution is 9.10. The van der Waals surface area contributed by atoms with E-state index in [4.69, 9.17) is 10.5 Å². The summed E-state index contributed by atoms with van der Waals surface area (Å²) in [5.41, 5.74) is 3.96. The Labute approximate surface area is 126 Å². The topological polar surface area (TPSA) is 59.6 Å². The van der Waals surface area contributed by atoms with E-state index in [-0.39, 0.29) is 0 Å². The third-order valence-corrected chi connectivity index (χ3v) is 3.85. The zero-order chi connectivity index (χ0) is 14.5. The van der Waals surface area contributed by atoms with Gasteiger partial charge in [0.2, 0.25) is 0 Å². The van der Waals surface area contributed by atoms with Crippen LogP contribution in [0.2, 0.25) is 0 Å². The molecule has 0 spiro atoms. The maximum atomic E-state index is 8.99. The molecule has 98 valence electrons. The molecule has 0 aromatic heterocycles. The highest BCUT2D eigenvalue weighted by atomic mass is 79.9. The quantitative estimate of drug-likeness (QED) is 0.923. The van der Waals surface area contributed by atoms with Crippen LogP contribution >= 0.6 is 15.9 Å². The Hall–Kier alpha value is -2.30. The second kappa shape index (κ2) is 6.23. The molecule has 1 N–H and O–H groups in total. The molecule has 20 heavy (non-hydrogen) atoms. The van der Waals surface area contributed by atoms with Crippen LogP contribution < -0.4 is 5.32 Å². The Morgan fingerprint density at radius 2 is 1.80 bits per heavy atom. The molecule has 2 rings (SSSR count). The lowest BCUT2D eigenvalue weighted by Crippen LogP contribution is -2.00. The van der Waals surface area contributed by atoms with E-state index in [1.54, 1.807) is 12.1 Å². The van der Waals surface area contributed by atoms with Crippen LogP contribution in [0.4, 0.5) is 5.69 Å². The molecular formula is C16H12BrN3. The van der Waals surface area contributed by atoms with Crippen LogP contribution in [0.5, 0.6) is 0 Å². The molecule has 0 aliphatic heterocycles. The number of anilines is 1. The lowest BCUT2D eigenvalue weighted by atomic mass is 10.1. The summed E-state index contributed by atoms with van der Waals surface area (Å²) in [6, 6.07) is 15.4. The number of nitriles is 2. The highest BCUT2D eigenvalue weighted by Gasteiger charge is 2.03. The van der Waals surface area contributed by atoms with E-state index in [2.05, 4.69) is 39.4 Å². The minimum absolute atomic E-state index is 0.391. The Morgan fingerprint density at radius 1 is 1.05 bits per heavy atom. The second-order valence-electron chi connectivity index (χ2n) is 4.42. The molecule has 4 heteroatoms. The fourth-order valence-electron chi connectivity index (χ4n) is 1.79. The minimum atomic E-state index is 0.391. The molecule has 0 saturated carbocycles. The van der Waals surface area contributed by atoms with Crippen molar-refractivity contribution in [3.05, 3.63) is 63.1 Å². The number of rotatable bonds is 3. The van der Waals surface area contributed by atoms with Gasteiger partial charge in [0.05, 0.1) is 11.1 Å². The molecular weight excluding hydrogens is 314 g/mol. The zero-order valence-corrected chi connectivity index (χ0v) is 12.5. The second-order valence-corrected chi connectivity index (χ2v) is 5.28. The van der Waals surface area contributed by atoms with Gasteiger partial charge in [-0.05, 0) is 42.3 Å². The summed E-state index contributed by atoms with van der Waals surface area (Å²) < 4.78 is 1.08. The van der Waals surface area contributed by atoms with E-state index >= 15 is 0 Å². The normalized spacial score (nSPS) is 9.60. The molecule has 0 fully saturated rings. The molecule has 3 nitrogen and oxygen atoms in total. The molecule has 0 radical (unpaired) electrons. The summed E-state index contributed by atoms with van der Waals surface area (Å²) >= 11 is 3.51. The number of benzene rings is 2. The van der Waals surface area contributed by atoms with Crippen LogP contribution in [0.25, 0.3) is 0 Å². The van der Waals surface area contributed by atoms with Crippen LogP contribution in [-0.4, -0.2) is 0 Å². The van der Waals surface area contributed by atoms with Crippen molar-refractivity contribution >= 4 is 21.6 Å². The van der Waals surface area contributed by atoms with Gasteiger partial charge in [-0.25, -0.2) is 0 Å². The Morgan fingerprint density at radius 3 is 2.45 bits per heavy atom. The molecule has 0 unspecified atom stereocenters. The average molecular weight is 326 g/mol. The first-order valence-corrected chi connectivity index (χ1v) is 6.86. The first-order valence-electron chi connectivity index (χ1n) is 6.07. The van der Waals surface area contributed by atoms with Gasteiger partial charge < -0.3 is 5.32 Å². The molecule has 2 aromatic rings. The van der Waals surface area contributed by atoms with E-state index in [1.807, 2.05) is 25.1 Å². The van der Waals surface area contributed by atoms with Crippen molar-refractivity contribution in [3.63, 3.8) is 0 Å². The van der Waals surface area contributed by atoms with Crippen molar-refractivity contribution < 1.29 is 0 Å². The fraction of sp³-hybridized carbons (Fsp3) is 0.125. The highest BCUT2D eigenvalue weighted by Crippen LogP contribution is 2.19.